The van der Waals surface area contributed by atoms with Crippen LogP contribution in [0, 0.1) is 11.8 Å². The second-order valence-electron chi connectivity index (χ2n) is 7.36. The highest BCUT2D eigenvalue weighted by Gasteiger charge is 2.35. The number of piperidine rings is 2. The van der Waals surface area contributed by atoms with Gasteiger partial charge < -0.3 is 4.74 Å². The molecule has 1 aromatic carbocycles. The van der Waals surface area contributed by atoms with E-state index in [1.165, 1.54) is 5.56 Å². The maximum absolute atomic E-state index is 13.0. The fourth-order valence-electron chi connectivity index (χ4n) is 4.06. The van der Waals surface area contributed by atoms with E-state index in [0.29, 0.717) is 44.6 Å². The zero-order valence-electron chi connectivity index (χ0n) is 15.1. The molecule has 0 spiro atoms. The van der Waals surface area contributed by atoms with Crippen LogP contribution in [0.15, 0.2) is 30.3 Å². The predicted molar refractivity (Wildman–Crippen MR) is 99.5 cm³/mol. The summed E-state index contributed by atoms with van der Waals surface area (Å²) in [5, 5.41) is 0. The molecule has 2 fully saturated rings. The summed E-state index contributed by atoms with van der Waals surface area (Å²) in [5.41, 5.74) is 1.35. The third kappa shape index (κ3) is 4.82. The SMILES string of the molecule is COCC1CCCN(S(=O)(=O)N2CCC(Cc3ccccc3)CC2)C1. The summed E-state index contributed by atoms with van der Waals surface area (Å²) in [7, 11) is -1.64. The molecule has 2 heterocycles. The van der Waals surface area contributed by atoms with Gasteiger partial charge in [0.25, 0.3) is 10.2 Å². The molecule has 0 amide bonds. The zero-order valence-corrected chi connectivity index (χ0v) is 16.0. The molecule has 0 radical (unpaired) electrons. The molecule has 0 bridgehead atoms. The number of rotatable bonds is 6. The van der Waals surface area contributed by atoms with Crippen LogP contribution in [-0.4, -0.2) is 56.9 Å². The highest BCUT2D eigenvalue weighted by molar-refractivity contribution is 7.86. The Balaban J connectivity index is 1.54. The van der Waals surface area contributed by atoms with Crippen molar-refractivity contribution in [2.45, 2.75) is 32.1 Å². The number of hydrogen-bond donors (Lipinski definition) is 0. The highest BCUT2D eigenvalue weighted by atomic mass is 32.2. The van der Waals surface area contributed by atoms with Crippen molar-refractivity contribution < 1.29 is 13.2 Å². The van der Waals surface area contributed by atoms with Crippen LogP contribution in [0.3, 0.4) is 0 Å². The topological polar surface area (TPSA) is 49.9 Å². The van der Waals surface area contributed by atoms with Crippen molar-refractivity contribution >= 4 is 10.2 Å². The van der Waals surface area contributed by atoms with Crippen LogP contribution in [0.25, 0.3) is 0 Å². The highest BCUT2D eigenvalue weighted by Crippen LogP contribution is 2.27. The lowest BCUT2D eigenvalue weighted by atomic mass is 9.91. The first kappa shape index (κ1) is 18.8. The first-order valence-electron chi connectivity index (χ1n) is 9.37. The molecule has 5 nitrogen and oxygen atoms in total. The fourth-order valence-corrected chi connectivity index (χ4v) is 5.82. The molecule has 6 heteroatoms. The van der Waals surface area contributed by atoms with Crippen molar-refractivity contribution in [1.82, 2.24) is 8.61 Å². The lowest BCUT2D eigenvalue weighted by Gasteiger charge is -2.38. The van der Waals surface area contributed by atoms with E-state index in [-0.39, 0.29) is 0 Å². The van der Waals surface area contributed by atoms with Crippen LogP contribution >= 0.6 is 0 Å². The van der Waals surface area contributed by atoms with Gasteiger partial charge in [-0.15, -0.1) is 0 Å². The van der Waals surface area contributed by atoms with Gasteiger partial charge in [0.1, 0.15) is 0 Å². The molecule has 2 aliphatic rings. The smallest absolute Gasteiger partial charge is 0.281 e. The maximum atomic E-state index is 13.0. The van der Waals surface area contributed by atoms with Gasteiger partial charge in [0.2, 0.25) is 0 Å². The van der Waals surface area contributed by atoms with Crippen LogP contribution in [0.1, 0.15) is 31.2 Å². The minimum Gasteiger partial charge on any atom is -0.384 e. The fraction of sp³-hybridized carbons (Fsp3) is 0.684. The normalized spacial score (nSPS) is 24.4. The molecular weight excluding hydrogens is 336 g/mol. The van der Waals surface area contributed by atoms with E-state index in [1.54, 1.807) is 15.7 Å². The van der Waals surface area contributed by atoms with E-state index in [1.807, 2.05) is 6.07 Å². The predicted octanol–water partition coefficient (Wildman–Crippen LogP) is 2.54. The zero-order chi connectivity index (χ0) is 17.7. The molecule has 0 aliphatic carbocycles. The summed E-state index contributed by atoms with van der Waals surface area (Å²) in [4.78, 5) is 0. The number of methoxy groups -OCH3 is 1. The average molecular weight is 367 g/mol. The molecule has 1 atom stereocenters. The second kappa shape index (κ2) is 8.62. The molecule has 2 saturated heterocycles. The summed E-state index contributed by atoms with van der Waals surface area (Å²) in [6.45, 7) is 3.17. The molecule has 0 N–H and O–H groups in total. The Kier molecular flexibility index (Phi) is 6.49. The molecule has 1 aromatic rings. The van der Waals surface area contributed by atoms with Crippen molar-refractivity contribution in [2.75, 3.05) is 39.9 Å². The van der Waals surface area contributed by atoms with Crippen LogP contribution < -0.4 is 0 Å². The van der Waals surface area contributed by atoms with E-state index in [4.69, 9.17) is 4.74 Å². The Labute approximate surface area is 152 Å². The molecule has 2 aliphatic heterocycles. The Bertz CT molecular complexity index is 625. The van der Waals surface area contributed by atoms with Gasteiger partial charge in [0.15, 0.2) is 0 Å². The molecule has 0 aromatic heterocycles. The van der Waals surface area contributed by atoms with Gasteiger partial charge in [-0.25, -0.2) is 0 Å². The van der Waals surface area contributed by atoms with Crippen LogP contribution in [0.2, 0.25) is 0 Å². The summed E-state index contributed by atoms with van der Waals surface area (Å²) < 4.78 is 34.5. The molecule has 1 unspecified atom stereocenters. The quantitative estimate of drug-likeness (QED) is 0.777. The van der Waals surface area contributed by atoms with Gasteiger partial charge in [0.05, 0.1) is 6.61 Å². The number of ether oxygens (including phenoxy) is 1. The van der Waals surface area contributed by atoms with Crippen molar-refractivity contribution in [3.63, 3.8) is 0 Å². The Hall–Kier alpha value is -0.950. The lowest BCUT2D eigenvalue weighted by molar-refractivity contribution is 0.115. The van der Waals surface area contributed by atoms with Crippen molar-refractivity contribution in [3.05, 3.63) is 35.9 Å². The van der Waals surface area contributed by atoms with Crippen molar-refractivity contribution in [2.24, 2.45) is 11.8 Å². The first-order valence-corrected chi connectivity index (χ1v) is 10.8. The van der Waals surface area contributed by atoms with E-state index >= 15 is 0 Å². The largest absolute Gasteiger partial charge is 0.384 e. The van der Waals surface area contributed by atoms with Gasteiger partial charge >= 0.3 is 0 Å². The summed E-state index contributed by atoms with van der Waals surface area (Å²) in [6, 6.07) is 10.5. The molecular formula is C19H30N2O3S. The van der Waals surface area contributed by atoms with Crippen molar-refractivity contribution in [3.8, 4) is 0 Å². The Morgan fingerprint density at radius 1 is 1.00 bits per heavy atom. The molecule has 25 heavy (non-hydrogen) atoms. The van der Waals surface area contributed by atoms with Crippen LogP contribution in [0.5, 0.6) is 0 Å². The van der Waals surface area contributed by atoms with E-state index in [0.717, 1.165) is 32.1 Å². The molecule has 0 saturated carbocycles. The van der Waals surface area contributed by atoms with Gasteiger partial charge in [-0.2, -0.15) is 17.0 Å². The standard InChI is InChI=1S/C19H30N2O3S/c1-24-16-19-8-5-11-21(15-19)25(22,23)20-12-9-18(10-13-20)14-17-6-3-2-4-7-17/h2-4,6-7,18-19H,5,8-16H2,1H3. The first-order chi connectivity index (χ1) is 12.1. The summed E-state index contributed by atoms with van der Waals surface area (Å²) >= 11 is 0. The van der Waals surface area contributed by atoms with Gasteiger partial charge in [-0.1, -0.05) is 30.3 Å². The summed E-state index contributed by atoms with van der Waals surface area (Å²) in [6.07, 6.45) is 4.93. The Morgan fingerprint density at radius 2 is 1.72 bits per heavy atom. The Morgan fingerprint density at radius 3 is 2.40 bits per heavy atom. The minimum atomic E-state index is -3.32. The third-order valence-corrected chi connectivity index (χ3v) is 7.48. The lowest BCUT2D eigenvalue weighted by Crippen LogP contribution is -2.50. The van der Waals surface area contributed by atoms with Gasteiger partial charge in [0, 0.05) is 33.3 Å². The number of hydrogen-bond acceptors (Lipinski definition) is 3. The average Bonchev–Trinajstić information content (AvgIpc) is 2.64. The molecule has 3 rings (SSSR count). The minimum absolute atomic E-state index is 0.323. The van der Waals surface area contributed by atoms with Gasteiger partial charge in [-0.05, 0) is 49.5 Å². The van der Waals surface area contributed by atoms with Crippen LogP contribution in [0.4, 0.5) is 0 Å². The van der Waals surface area contributed by atoms with E-state index in [9.17, 15) is 8.42 Å². The monoisotopic (exact) mass is 366 g/mol. The van der Waals surface area contributed by atoms with E-state index < -0.39 is 10.2 Å². The van der Waals surface area contributed by atoms with Gasteiger partial charge in [-0.3, -0.25) is 0 Å². The maximum Gasteiger partial charge on any atom is 0.281 e. The number of nitrogens with zero attached hydrogens (tertiary/aromatic N) is 2. The number of benzene rings is 1. The second-order valence-corrected chi connectivity index (χ2v) is 9.29. The van der Waals surface area contributed by atoms with Crippen LogP contribution in [-0.2, 0) is 21.4 Å². The summed E-state index contributed by atoms with van der Waals surface area (Å²) in [5.74, 6) is 0.903. The van der Waals surface area contributed by atoms with Crippen molar-refractivity contribution in [1.29, 1.82) is 0 Å². The third-order valence-electron chi connectivity index (χ3n) is 5.48. The van der Waals surface area contributed by atoms with E-state index in [2.05, 4.69) is 24.3 Å². The molecule has 140 valence electrons.